The molecular weight excluding hydrogens is 218 g/mol. The maximum atomic E-state index is 11.3. The Morgan fingerprint density at radius 3 is 2.88 bits per heavy atom. The Hall–Kier alpha value is -1.69. The van der Waals surface area contributed by atoms with Crippen LogP contribution in [0.2, 0.25) is 0 Å². The molecule has 1 aromatic heterocycles. The molecule has 0 unspecified atom stereocenters. The summed E-state index contributed by atoms with van der Waals surface area (Å²) in [4.78, 5) is 23.7. The summed E-state index contributed by atoms with van der Waals surface area (Å²) in [6, 6.07) is 1.67. The number of nitrogens with zero attached hydrogens (tertiary/aromatic N) is 4. The van der Waals surface area contributed by atoms with Gasteiger partial charge in [-0.1, -0.05) is 0 Å². The highest BCUT2D eigenvalue weighted by atomic mass is 16.1. The number of hydrogen-bond acceptors (Lipinski definition) is 5. The van der Waals surface area contributed by atoms with E-state index in [2.05, 4.69) is 14.9 Å². The van der Waals surface area contributed by atoms with Crippen LogP contribution in [0.3, 0.4) is 0 Å². The zero-order valence-corrected chi connectivity index (χ0v) is 10.1. The minimum atomic E-state index is -0.289. The van der Waals surface area contributed by atoms with E-state index >= 15 is 0 Å². The van der Waals surface area contributed by atoms with Crippen molar-refractivity contribution in [1.82, 2.24) is 14.9 Å². The number of likely N-dealkylation sites (N-methyl/N-ethyl adjacent to an activating group) is 1. The van der Waals surface area contributed by atoms with Crippen molar-refractivity contribution in [3.63, 3.8) is 0 Å². The lowest BCUT2D eigenvalue weighted by molar-refractivity contribution is -0.122. The molecule has 0 aliphatic carbocycles. The lowest BCUT2D eigenvalue weighted by Crippen LogP contribution is -2.57. The minimum Gasteiger partial charge on any atom is -0.368 e. The van der Waals surface area contributed by atoms with Crippen LogP contribution in [-0.2, 0) is 4.79 Å². The number of aromatic nitrogens is 2. The van der Waals surface area contributed by atoms with E-state index in [9.17, 15) is 4.79 Å². The third kappa shape index (κ3) is 2.52. The van der Waals surface area contributed by atoms with Crippen LogP contribution in [0.25, 0.3) is 0 Å². The first-order chi connectivity index (χ1) is 8.08. The standard InChI is InChI=1S/C11H17N5O/c1-8-5-10(14-7-13-8)16-4-3-15(2)9(6-16)11(12)17/h5,7,9H,3-4,6H2,1-2H3,(H2,12,17)/t9-/m0/s1. The number of rotatable bonds is 2. The molecule has 92 valence electrons. The van der Waals surface area contributed by atoms with Crippen molar-refractivity contribution in [3.8, 4) is 0 Å². The normalized spacial score (nSPS) is 21.5. The van der Waals surface area contributed by atoms with Crippen LogP contribution < -0.4 is 10.6 Å². The molecule has 2 rings (SSSR count). The van der Waals surface area contributed by atoms with E-state index in [-0.39, 0.29) is 11.9 Å². The largest absolute Gasteiger partial charge is 0.368 e. The Morgan fingerprint density at radius 1 is 1.47 bits per heavy atom. The van der Waals surface area contributed by atoms with Crippen LogP contribution in [0.15, 0.2) is 12.4 Å². The van der Waals surface area contributed by atoms with Gasteiger partial charge in [-0.25, -0.2) is 9.97 Å². The second-order valence-corrected chi connectivity index (χ2v) is 4.36. The predicted molar refractivity (Wildman–Crippen MR) is 64.6 cm³/mol. The third-order valence-electron chi connectivity index (χ3n) is 3.09. The Bertz CT molecular complexity index is 422. The van der Waals surface area contributed by atoms with Crippen LogP contribution in [0.1, 0.15) is 5.69 Å². The molecule has 1 saturated heterocycles. The Kier molecular flexibility index (Phi) is 3.23. The van der Waals surface area contributed by atoms with Gasteiger partial charge in [0.05, 0.1) is 0 Å². The average Bonchev–Trinajstić information content (AvgIpc) is 2.29. The first-order valence-electron chi connectivity index (χ1n) is 5.61. The van der Waals surface area contributed by atoms with Gasteiger partial charge in [-0.3, -0.25) is 9.69 Å². The second-order valence-electron chi connectivity index (χ2n) is 4.36. The van der Waals surface area contributed by atoms with Gasteiger partial charge in [0.25, 0.3) is 0 Å². The van der Waals surface area contributed by atoms with Crippen molar-refractivity contribution in [3.05, 3.63) is 18.1 Å². The number of primary amides is 1. The van der Waals surface area contributed by atoms with Gasteiger partial charge >= 0.3 is 0 Å². The second kappa shape index (κ2) is 4.67. The lowest BCUT2D eigenvalue weighted by atomic mass is 10.1. The summed E-state index contributed by atoms with van der Waals surface area (Å²) in [5.74, 6) is 0.569. The number of aryl methyl sites for hydroxylation is 1. The smallest absolute Gasteiger partial charge is 0.236 e. The third-order valence-corrected chi connectivity index (χ3v) is 3.09. The van der Waals surface area contributed by atoms with Gasteiger partial charge in [-0.2, -0.15) is 0 Å². The highest BCUT2D eigenvalue weighted by Crippen LogP contribution is 2.15. The Morgan fingerprint density at radius 2 is 2.24 bits per heavy atom. The van der Waals surface area contributed by atoms with Gasteiger partial charge in [-0.05, 0) is 14.0 Å². The van der Waals surface area contributed by atoms with Crippen molar-refractivity contribution in [1.29, 1.82) is 0 Å². The molecule has 1 atom stereocenters. The summed E-state index contributed by atoms with van der Waals surface area (Å²) in [6.07, 6.45) is 1.54. The van der Waals surface area contributed by atoms with Crippen molar-refractivity contribution in [2.45, 2.75) is 13.0 Å². The van der Waals surface area contributed by atoms with E-state index in [1.165, 1.54) is 0 Å². The summed E-state index contributed by atoms with van der Waals surface area (Å²) in [5, 5.41) is 0. The highest BCUT2D eigenvalue weighted by molar-refractivity contribution is 5.80. The number of carbonyl (C=O) groups is 1. The van der Waals surface area contributed by atoms with Crippen molar-refractivity contribution in [2.75, 3.05) is 31.6 Å². The molecule has 2 heterocycles. The molecule has 0 radical (unpaired) electrons. The van der Waals surface area contributed by atoms with E-state index in [0.717, 1.165) is 24.6 Å². The van der Waals surface area contributed by atoms with E-state index in [1.54, 1.807) is 6.33 Å². The molecule has 0 spiro atoms. The van der Waals surface area contributed by atoms with Crippen molar-refractivity contribution < 1.29 is 4.79 Å². The molecule has 6 heteroatoms. The zero-order valence-electron chi connectivity index (χ0n) is 10.1. The van der Waals surface area contributed by atoms with Crippen molar-refractivity contribution in [2.24, 2.45) is 5.73 Å². The number of amides is 1. The van der Waals surface area contributed by atoms with Gasteiger partial charge in [0.15, 0.2) is 0 Å². The number of hydrogen-bond donors (Lipinski definition) is 1. The average molecular weight is 235 g/mol. The predicted octanol–water partition coefficient (Wildman–Crippen LogP) is -0.609. The van der Waals surface area contributed by atoms with Gasteiger partial charge in [0.1, 0.15) is 18.2 Å². The number of anilines is 1. The monoisotopic (exact) mass is 235 g/mol. The van der Waals surface area contributed by atoms with Gasteiger partial charge in [-0.15, -0.1) is 0 Å². The van der Waals surface area contributed by atoms with Gasteiger partial charge < -0.3 is 10.6 Å². The van der Waals surface area contributed by atoms with Crippen LogP contribution >= 0.6 is 0 Å². The number of piperazine rings is 1. The Balaban J connectivity index is 2.16. The zero-order chi connectivity index (χ0) is 12.4. The highest BCUT2D eigenvalue weighted by Gasteiger charge is 2.28. The molecule has 1 fully saturated rings. The molecular formula is C11H17N5O. The van der Waals surface area contributed by atoms with E-state index < -0.39 is 0 Å². The topological polar surface area (TPSA) is 75.3 Å². The van der Waals surface area contributed by atoms with E-state index in [0.29, 0.717) is 6.54 Å². The summed E-state index contributed by atoms with van der Waals surface area (Å²) in [6.45, 7) is 4.16. The Labute approximate surface area is 100 Å². The molecule has 0 aromatic carbocycles. The summed E-state index contributed by atoms with van der Waals surface area (Å²) >= 11 is 0. The van der Waals surface area contributed by atoms with Crippen LogP contribution in [0.5, 0.6) is 0 Å². The maximum absolute atomic E-state index is 11.3. The molecule has 1 aliphatic heterocycles. The van der Waals surface area contributed by atoms with Crippen LogP contribution in [-0.4, -0.2) is 53.5 Å². The fraction of sp³-hybridized carbons (Fsp3) is 0.545. The number of carbonyl (C=O) groups excluding carboxylic acids is 1. The van der Waals surface area contributed by atoms with Gasteiger partial charge in [0.2, 0.25) is 5.91 Å². The molecule has 0 bridgehead atoms. The van der Waals surface area contributed by atoms with Crippen LogP contribution in [0, 0.1) is 6.92 Å². The molecule has 0 saturated carbocycles. The number of nitrogens with two attached hydrogens (primary N) is 1. The molecule has 17 heavy (non-hydrogen) atoms. The first kappa shape index (κ1) is 11.8. The SMILES string of the molecule is Cc1cc(N2CCN(C)[C@H](C(N)=O)C2)ncn1. The van der Waals surface area contributed by atoms with Crippen molar-refractivity contribution >= 4 is 11.7 Å². The fourth-order valence-electron chi connectivity index (χ4n) is 2.00. The summed E-state index contributed by atoms with van der Waals surface area (Å²) in [7, 11) is 1.91. The molecule has 1 aromatic rings. The molecule has 1 aliphatic rings. The lowest BCUT2D eigenvalue weighted by Gasteiger charge is -2.38. The van der Waals surface area contributed by atoms with E-state index in [1.807, 2.05) is 24.9 Å². The molecule has 6 nitrogen and oxygen atoms in total. The minimum absolute atomic E-state index is 0.251. The summed E-state index contributed by atoms with van der Waals surface area (Å²) in [5.41, 5.74) is 6.31. The molecule has 2 N–H and O–H groups in total. The van der Waals surface area contributed by atoms with E-state index in [4.69, 9.17) is 5.73 Å². The fourth-order valence-corrected chi connectivity index (χ4v) is 2.00. The molecule has 1 amide bonds. The van der Waals surface area contributed by atoms with Gasteiger partial charge in [0, 0.05) is 31.4 Å². The maximum Gasteiger partial charge on any atom is 0.236 e. The summed E-state index contributed by atoms with van der Waals surface area (Å²) < 4.78 is 0. The first-order valence-corrected chi connectivity index (χ1v) is 5.61. The quantitative estimate of drug-likeness (QED) is 0.740. The van der Waals surface area contributed by atoms with Crippen LogP contribution in [0.4, 0.5) is 5.82 Å².